The predicted octanol–water partition coefficient (Wildman–Crippen LogP) is 4.99. The fraction of sp³-hybridized carbons (Fsp3) is 0.250. The summed E-state index contributed by atoms with van der Waals surface area (Å²) >= 11 is 12.7. The van der Waals surface area contributed by atoms with Crippen molar-refractivity contribution in [3.8, 4) is 22.6 Å². The molecule has 1 heterocycles. The highest BCUT2D eigenvalue weighted by molar-refractivity contribution is 6.39. The highest BCUT2D eigenvalue weighted by atomic mass is 35.5. The summed E-state index contributed by atoms with van der Waals surface area (Å²) in [5.41, 5.74) is 2.95. The molecule has 0 bridgehead atoms. The average Bonchev–Trinajstić information content (AvgIpc) is 2.46. The summed E-state index contributed by atoms with van der Waals surface area (Å²) in [5.74, 6) is 1.54. The van der Waals surface area contributed by atoms with Crippen molar-refractivity contribution in [2.45, 2.75) is 12.8 Å². The van der Waals surface area contributed by atoms with Gasteiger partial charge in [-0.15, -0.1) is 0 Å². The van der Waals surface area contributed by atoms with Gasteiger partial charge in [0.2, 0.25) is 0 Å². The first-order valence-electron chi connectivity index (χ1n) is 6.49. The molecular formula is C16H14Cl2O2. The summed E-state index contributed by atoms with van der Waals surface area (Å²) in [4.78, 5) is 0. The fourth-order valence-corrected chi connectivity index (χ4v) is 3.18. The Bertz CT molecular complexity index is 630. The number of methoxy groups -OCH3 is 1. The van der Waals surface area contributed by atoms with E-state index in [0.717, 1.165) is 36.3 Å². The lowest BCUT2D eigenvalue weighted by Crippen LogP contribution is -2.09. The third kappa shape index (κ3) is 2.34. The number of benzene rings is 2. The zero-order valence-corrected chi connectivity index (χ0v) is 12.6. The Kier molecular flexibility index (Phi) is 3.77. The van der Waals surface area contributed by atoms with Crippen LogP contribution in [0.3, 0.4) is 0 Å². The van der Waals surface area contributed by atoms with Crippen LogP contribution < -0.4 is 9.47 Å². The second-order valence-corrected chi connectivity index (χ2v) is 5.53. The predicted molar refractivity (Wildman–Crippen MR) is 82.3 cm³/mol. The molecule has 1 aliphatic heterocycles. The number of hydrogen-bond donors (Lipinski definition) is 0. The van der Waals surface area contributed by atoms with Gasteiger partial charge in [0.1, 0.15) is 11.5 Å². The maximum Gasteiger partial charge on any atom is 0.130 e. The number of halogens is 2. The lowest BCUT2D eigenvalue weighted by atomic mass is 9.97. The Hall–Kier alpha value is -1.38. The Labute approximate surface area is 128 Å². The molecule has 0 unspecified atom stereocenters. The molecule has 0 amide bonds. The number of rotatable bonds is 2. The molecule has 0 saturated carbocycles. The van der Waals surface area contributed by atoms with Gasteiger partial charge in [0.25, 0.3) is 0 Å². The molecule has 0 spiro atoms. The van der Waals surface area contributed by atoms with Gasteiger partial charge in [0.05, 0.1) is 23.8 Å². The second-order valence-electron chi connectivity index (χ2n) is 4.71. The Balaban J connectivity index is 2.19. The standard InChI is InChI=1S/C16H14Cl2O2/c1-19-11-8-13(17)15(14(18)9-11)12-6-2-4-10-5-3-7-20-16(10)12/h2,4,6,8-9H,3,5,7H2,1H3. The highest BCUT2D eigenvalue weighted by Gasteiger charge is 2.19. The van der Waals surface area contributed by atoms with E-state index in [2.05, 4.69) is 6.07 Å². The van der Waals surface area contributed by atoms with Crippen molar-refractivity contribution in [2.24, 2.45) is 0 Å². The molecule has 104 valence electrons. The van der Waals surface area contributed by atoms with Gasteiger partial charge >= 0.3 is 0 Å². The molecule has 0 fully saturated rings. The number of aryl methyl sites for hydroxylation is 1. The number of hydrogen-bond acceptors (Lipinski definition) is 2. The highest BCUT2D eigenvalue weighted by Crippen LogP contribution is 2.44. The van der Waals surface area contributed by atoms with Crippen LogP contribution in [-0.4, -0.2) is 13.7 Å². The van der Waals surface area contributed by atoms with E-state index < -0.39 is 0 Å². The summed E-state index contributed by atoms with van der Waals surface area (Å²) in [6, 6.07) is 9.63. The van der Waals surface area contributed by atoms with Gasteiger partial charge in [-0.05, 0) is 30.5 Å². The third-order valence-corrected chi connectivity index (χ3v) is 4.05. The van der Waals surface area contributed by atoms with Gasteiger partial charge in [-0.2, -0.15) is 0 Å². The van der Waals surface area contributed by atoms with Crippen LogP contribution in [0.1, 0.15) is 12.0 Å². The Morgan fingerprint density at radius 2 is 1.90 bits per heavy atom. The van der Waals surface area contributed by atoms with E-state index in [9.17, 15) is 0 Å². The van der Waals surface area contributed by atoms with Gasteiger partial charge in [-0.3, -0.25) is 0 Å². The Morgan fingerprint density at radius 3 is 2.60 bits per heavy atom. The summed E-state index contributed by atoms with van der Waals surface area (Å²) in [6.07, 6.45) is 2.06. The zero-order valence-electron chi connectivity index (χ0n) is 11.1. The van der Waals surface area contributed by atoms with Crippen molar-refractivity contribution >= 4 is 23.2 Å². The van der Waals surface area contributed by atoms with Crippen LogP contribution in [0.2, 0.25) is 10.0 Å². The van der Waals surface area contributed by atoms with Crippen molar-refractivity contribution in [3.05, 3.63) is 45.9 Å². The van der Waals surface area contributed by atoms with E-state index in [0.29, 0.717) is 15.8 Å². The Morgan fingerprint density at radius 1 is 1.15 bits per heavy atom. The molecule has 3 rings (SSSR count). The lowest BCUT2D eigenvalue weighted by molar-refractivity contribution is 0.289. The molecule has 2 aromatic carbocycles. The van der Waals surface area contributed by atoms with E-state index in [1.54, 1.807) is 19.2 Å². The van der Waals surface area contributed by atoms with Crippen LogP contribution in [-0.2, 0) is 6.42 Å². The van der Waals surface area contributed by atoms with Crippen LogP contribution in [0.15, 0.2) is 30.3 Å². The van der Waals surface area contributed by atoms with E-state index in [4.69, 9.17) is 32.7 Å². The SMILES string of the molecule is COc1cc(Cl)c(-c2cccc3c2OCCC3)c(Cl)c1. The maximum absolute atomic E-state index is 6.37. The van der Waals surface area contributed by atoms with Crippen molar-refractivity contribution in [1.29, 1.82) is 0 Å². The zero-order chi connectivity index (χ0) is 14.1. The third-order valence-electron chi connectivity index (χ3n) is 3.45. The molecule has 20 heavy (non-hydrogen) atoms. The molecule has 0 N–H and O–H groups in total. The molecule has 4 heteroatoms. The molecule has 0 radical (unpaired) electrons. The van der Waals surface area contributed by atoms with E-state index in [1.807, 2.05) is 12.1 Å². The van der Waals surface area contributed by atoms with E-state index >= 15 is 0 Å². The minimum atomic E-state index is 0.567. The van der Waals surface area contributed by atoms with Crippen molar-refractivity contribution in [3.63, 3.8) is 0 Å². The minimum absolute atomic E-state index is 0.567. The summed E-state index contributed by atoms with van der Waals surface area (Å²) in [5, 5.41) is 1.13. The van der Waals surface area contributed by atoms with Crippen LogP contribution in [0.5, 0.6) is 11.5 Å². The van der Waals surface area contributed by atoms with Gasteiger partial charge < -0.3 is 9.47 Å². The fourth-order valence-electron chi connectivity index (χ4n) is 2.51. The molecule has 2 aromatic rings. The molecule has 0 atom stereocenters. The smallest absolute Gasteiger partial charge is 0.130 e. The van der Waals surface area contributed by atoms with E-state index in [-0.39, 0.29) is 0 Å². The first-order chi connectivity index (χ1) is 9.70. The van der Waals surface area contributed by atoms with Crippen LogP contribution >= 0.6 is 23.2 Å². The van der Waals surface area contributed by atoms with Gasteiger partial charge in [-0.1, -0.05) is 41.4 Å². The maximum atomic E-state index is 6.37. The second kappa shape index (κ2) is 5.55. The van der Waals surface area contributed by atoms with E-state index in [1.165, 1.54) is 5.56 Å². The molecular weight excluding hydrogens is 295 g/mol. The lowest BCUT2D eigenvalue weighted by Gasteiger charge is -2.21. The number of para-hydroxylation sites is 1. The van der Waals surface area contributed by atoms with Crippen LogP contribution in [0, 0.1) is 0 Å². The van der Waals surface area contributed by atoms with Crippen molar-refractivity contribution in [1.82, 2.24) is 0 Å². The summed E-state index contributed by atoms with van der Waals surface area (Å²) in [6.45, 7) is 0.732. The molecule has 1 aliphatic rings. The van der Waals surface area contributed by atoms with Gasteiger partial charge in [0.15, 0.2) is 0 Å². The number of ether oxygens (including phenoxy) is 2. The molecule has 0 aliphatic carbocycles. The molecule has 0 aromatic heterocycles. The van der Waals surface area contributed by atoms with Crippen LogP contribution in [0.4, 0.5) is 0 Å². The van der Waals surface area contributed by atoms with Crippen molar-refractivity contribution in [2.75, 3.05) is 13.7 Å². The normalized spacial score (nSPS) is 13.6. The molecule has 2 nitrogen and oxygen atoms in total. The topological polar surface area (TPSA) is 18.5 Å². The van der Waals surface area contributed by atoms with Gasteiger partial charge in [-0.25, -0.2) is 0 Å². The largest absolute Gasteiger partial charge is 0.497 e. The first-order valence-corrected chi connectivity index (χ1v) is 7.24. The first kappa shape index (κ1) is 13.6. The summed E-state index contributed by atoms with van der Waals surface area (Å²) in [7, 11) is 1.59. The number of fused-ring (bicyclic) bond motifs is 1. The van der Waals surface area contributed by atoms with Gasteiger partial charge in [0, 0.05) is 11.1 Å². The molecule has 0 saturated heterocycles. The van der Waals surface area contributed by atoms with Crippen molar-refractivity contribution < 1.29 is 9.47 Å². The summed E-state index contributed by atoms with van der Waals surface area (Å²) < 4.78 is 11.0. The van der Waals surface area contributed by atoms with Crippen LogP contribution in [0.25, 0.3) is 11.1 Å². The monoisotopic (exact) mass is 308 g/mol. The minimum Gasteiger partial charge on any atom is -0.497 e. The quantitative estimate of drug-likeness (QED) is 0.777. The average molecular weight is 309 g/mol.